The fraction of sp³-hybridized carbons (Fsp3) is 0. The van der Waals surface area contributed by atoms with Crippen LogP contribution in [0.1, 0.15) is 0 Å². The highest BCUT2D eigenvalue weighted by Crippen LogP contribution is 2.48. The van der Waals surface area contributed by atoms with Gasteiger partial charge in [-0.05, 0) is 58.1 Å². The Morgan fingerprint density at radius 3 is 1.59 bits per heavy atom. The average molecular weight is 580 g/mol. The van der Waals surface area contributed by atoms with E-state index in [-0.39, 0.29) is 0 Å². The molecule has 0 aliphatic heterocycles. The van der Waals surface area contributed by atoms with Crippen LogP contribution < -0.4 is 4.90 Å². The maximum Gasteiger partial charge on any atom is 0.0640 e. The van der Waals surface area contributed by atoms with Gasteiger partial charge in [-0.25, -0.2) is 0 Å². The van der Waals surface area contributed by atoms with Crippen molar-refractivity contribution in [2.24, 2.45) is 0 Å². The molecule has 0 atom stereocenters. The van der Waals surface area contributed by atoms with Gasteiger partial charge in [0.2, 0.25) is 0 Å². The van der Waals surface area contributed by atoms with Crippen LogP contribution in [0.5, 0.6) is 0 Å². The average Bonchev–Trinajstić information content (AvgIpc) is 3.49. The van der Waals surface area contributed by atoms with Gasteiger partial charge in [0.1, 0.15) is 0 Å². The molecule has 0 unspecified atom stereocenters. The summed E-state index contributed by atoms with van der Waals surface area (Å²) in [5.41, 5.74) is 10.7. The first-order valence-electron chi connectivity index (χ1n) is 15.0. The smallest absolute Gasteiger partial charge is 0.0640 e. The summed E-state index contributed by atoms with van der Waals surface area (Å²) in [4.78, 5) is 2.44. The molecule has 0 radical (unpaired) electrons. The van der Waals surface area contributed by atoms with Crippen LogP contribution in [0.2, 0.25) is 0 Å². The molecule has 7 aromatic carbocycles. The third-order valence-corrected chi connectivity index (χ3v) is 9.51. The number of anilines is 3. The standard InChI is InChI=1S/C42H29NS/c1-3-16-30(17-4-1)32-20-7-8-21-33(32)34-22-9-10-23-35(34)36-24-11-13-27-39(36)43(31-18-5-2-6-19-31)40-28-15-26-38-37-25-12-14-29-41(37)44-42(38)40/h1-29H. The Morgan fingerprint density at radius 1 is 0.341 bits per heavy atom. The van der Waals surface area contributed by atoms with Gasteiger partial charge < -0.3 is 4.90 Å². The SMILES string of the molecule is c1ccc(-c2ccccc2-c2ccccc2-c2ccccc2N(c2ccccc2)c2cccc3c2sc2ccccc23)cc1. The molecule has 0 aliphatic rings. The van der Waals surface area contributed by atoms with Gasteiger partial charge in [0.05, 0.1) is 16.1 Å². The molecule has 0 fully saturated rings. The second-order valence-corrected chi connectivity index (χ2v) is 11.9. The van der Waals surface area contributed by atoms with E-state index in [1.54, 1.807) is 0 Å². The summed E-state index contributed by atoms with van der Waals surface area (Å²) < 4.78 is 2.59. The van der Waals surface area contributed by atoms with E-state index in [9.17, 15) is 0 Å². The van der Waals surface area contributed by atoms with Crippen molar-refractivity contribution in [3.8, 4) is 33.4 Å². The van der Waals surface area contributed by atoms with Crippen LogP contribution in [0.25, 0.3) is 53.6 Å². The van der Waals surface area contributed by atoms with E-state index in [1.807, 2.05) is 11.3 Å². The fourth-order valence-corrected chi connectivity index (χ4v) is 7.54. The largest absolute Gasteiger partial charge is 0.308 e. The van der Waals surface area contributed by atoms with E-state index in [0.717, 1.165) is 11.4 Å². The molecule has 44 heavy (non-hydrogen) atoms. The second-order valence-electron chi connectivity index (χ2n) is 10.9. The highest BCUT2D eigenvalue weighted by Gasteiger charge is 2.22. The number of fused-ring (bicyclic) bond motifs is 3. The van der Waals surface area contributed by atoms with E-state index in [0.29, 0.717) is 0 Å². The fourth-order valence-electron chi connectivity index (χ4n) is 6.33. The van der Waals surface area contributed by atoms with Crippen molar-refractivity contribution in [1.29, 1.82) is 0 Å². The van der Waals surface area contributed by atoms with Crippen molar-refractivity contribution in [1.82, 2.24) is 0 Å². The predicted octanol–water partition coefficient (Wildman–Crippen LogP) is 12.5. The quantitative estimate of drug-likeness (QED) is 0.189. The first-order valence-corrected chi connectivity index (χ1v) is 15.8. The van der Waals surface area contributed by atoms with Crippen molar-refractivity contribution in [2.75, 3.05) is 4.90 Å². The number of hydrogen-bond donors (Lipinski definition) is 0. The number of benzene rings is 7. The second kappa shape index (κ2) is 11.3. The molecule has 0 bridgehead atoms. The molecule has 8 aromatic rings. The highest BCUT2D eigenvalue weighted by molar-refractivity contribution is 7.26. The molecule has 1 nitrogen and oxygen atoms in total. The minimum absolute atomic E-state index is 1.13. The molecule has 208 valence electrons. The third kappa shape index (κ3) is 4.57. The Hall–Kier alpha value is -5.44. The zero-order valence-corrected chi connectivity index (χ0v) is 24.9. The van der Waals surface area contributed by atoms with Crippen LogP contribution in [0.15, 0.2) is 176 Å². The summed E-state index contributed by atoms with van der Waals surface area (Å²) in [6.07, 6.45) is 0. The Balaban J connectivity index is 1.38. The first-order chi connectivity index (χ1) is 21.9. The molecular weight excluding hydrogens is 551 g/mol. The molecule has 1 heterocycles. The zero-order valence-electron chi connectivity index (χ0n) is 24.1. The van der Waals surface area contributed by atoms with Crippen molar-refractivity contribution in [3.63, 3.8) is 0 Å². The van der Waals surface area contributed by atoms with E-state index >= 15 is 0 Å². The summed E-state index contributed by atoms with van der Waals surface area (Å²) in [5, 5.41) is 2.59. The molecule has 1 aromatic heterocycles. The molecule has 0 saturated heterocycles. The predicted molar refractivity (Wildman–Crippen MR) is 190 cm³/mol. The normalized spacial score (nSPS) is 11.2. The van der Waals surface area contributed by atoms with Gasteiger partial charge in [-0.2, -0.15) is 0 Å². The molecular formula is C42H29NS. The Labute approximate surface area is 261 Å². The summed E-state index contributed by atoms with van der Waals surface area (Å²) in [7, 11) is 0. The van der Waals surface area contributed by atoms with E-state index in [1.165, 1.54) is 59.2 Å². The maximum absolute atomic E-state index is 2.44. The van der Waals surface area contributed by atoms with Crippen molar-refractivity contribution >= 4 is 48.6 Å². The van der Waals surface area contributed by atoms with Crippen LogP contribution in [-0.2, 0) is 0 Å². The lowest BCUT2D eigenvalue weighted by Crippen LogP contribution is -2.11. The Kier molecular flexibility index (Phi) is 6.75. The summed E-state index contributed by atoms with van der Waals surface area (Å²) in [6.45, 7) is 0. The molecule has 8 rings (SSSR count). The molecule has 0 spiro atoms. The van der Waals surface area contributed by atoms with Gasteiger partial charge in [0.15, 0.2) is 0 Å². The highest BCUT2D eigenvalue weighted by atomic mass is 32.1. The van der Waals surface area contributed by atoms with Gasteiger partial charge in [0.25, 0.3) is 0 Å². The molecule has 0 saturated carbocycles. The number of hydrogen-bond acceptors (Lipinski definition) is 2. The summed E-state index contributed by atoms with van der Waals surface area (Å²) >= 11 is 1.87. The van der Waals surface area contributed by atoms with Crippen molar-refractivity contribution < 1.29 is 0 Å². The van der Waals surface area contributed by atoms with Crippen LogP contribution in [0.4, 0.5) is 17.1 Å². The lowest BCUT2D eigenvalue weighted by atomic mass is 9.88. The number of para-hydroxylation sites is 2. The van der Waals surface area contributed by atoms with E-state index in [4.69, 9.17) is 0 Å². The number of rotatable bonds is 6. The van der Waals surface area contributed by atoms with Crippen LogP contribution in [0, 0.1) is 0 Å². The summed E-state index contributed by atoms with van der Waals surface area (Å²) in [6, 6.07) is 63.3. The first kappa shape index (κ1) is 26.2. The van der Waals surface area contributed by atoms with E-state index < -0.39 is 0 Å². The maximum atomic E-state index is 2.44. The molecule has 0 N–H and O–H groups in total. The molecule has 2 heteroatoms. The zero-order chi connectivity index (χ0) is 29.3. The topological polar surface area (TPSA) is 3.24 Å². The molecule has 0 aliphatic carbocycles. The monoisotopic (exact) mass is 579 g/mol. The van der Waals surface area contributed by atoms with Crippen LogP contribution in [0.3, 0.4) is 0 Å². The van der Waals surface area contributed by atoms with Gasteiger partial charge >= 0.3 is 0 Å². The van der Waals surface area contributed by atoms with Crippen molar-refractivity contribution in [3.05, 3.63) is 176 Å². The lowest BCUT2D eigenvalue weighted by Gasteiger charge is -2.29. The van der Waals surface area contributed by atoms with Gasteiger partial charge in [-0.15, -0.1) is 11.3 Å². The Bertz CT molecular complexity index is 2230. The minimum Gasteiger partial charge on any atom is -0.308 e. The molecule has 0 amide bonds. The number of nitrogens with zero attached hydrogens (tertiary/aromatic N) is 1. The number of thiophene rings is 1. The van der Waals surface area contributed by atoms with Gasteiger partial charge in [0, 0.05) is 26.7 Å². The van der Waals surface area contributed by atoms with Gasteiger partial charge in [-0.1, -0.05) is 146 Å². The van der Waals surface area contributed by atoms with Crippen LogP contribution in [-0.4, -0.2) is 0 Å². The minimum atomic E-state index is 1.13. The summed E-state index contributed by atoms with van der Waals surface area (Å²) in [5.74, 6) is 0. The van der Waals surface area contributed by atoms with Crippen LogP contribution >= 0.6 is 11.3 Å². The third-order valence-electron chi connectivity index (χ3n) is 8.30. The van der Waals surface area contributed by atoms with E-state index in [2.05, 4.69) is 181 Å². The van der Waals surface area contributed by atoms with Crippen molar-refractivity contribution in [2.45, 2.75) is 0 Å². The lowest BCUT2D eigenvalue weighted by molar-refractivity contribution is 1.30. The Morgan fingerprint density at radius 2 is 0.841 bits per heavy atom. The van der Waals surface area contributed by atoms with Gasteiger partial charge in [-0.3, -0.25) is 0 Å².